The van der Waals surface area contributed by atoms with Crippen LogP contribution in [0.5, 0.6) is 0 Å². The van der Waals surface area contributed by atoms with E-state index >= 15 is 0 Å². The van der Waals surface area contributed by atoms with Gasteiger partial charge in [-0.2, -0.15) is 0 Å². The van der Waals surface area contributed by atoms with E-state index in [9.17, 15) is 19.2 Å². The van der Waals surface area contributed by atoms with E-state index in [4.69, 9.17) is 11.6 Å². The summed E-state index contributed by atoms with van der Waals surface area (Å²) in [5, 5.41) is 8.61. The number of fused-ring (bicyclic) bond motifs is 1. The van der Waals surface area contributed by atoms with E-state index < -0.39 is 18.1 Å². The molecule has 0 bridgehead atoms. The Kier molecular flexibility index (Phi) is 9.89. The van der Waals surface area contributed by atoms with Gasteiger partial charge < -0.3 is 20.4 Å². The van der Waals surface area contributed by atoms with Crippen molar-refractivity contribution in [2.75, 3.05) is 13.1 Å². The summed E-state index contributed by atoms with van der Waals surface area (Å²) in [4.78, 5) is 57.5. The zero-order valence-electron chi connectivity index (χ0n) is 25.6. The predicted octanol–water partition coefficient (Wildman–Crippen LogP) is 4.52. The van der Waals surface area contributed by atoms with Gasteiger partial charge in [-0.3, -0.25) is 19.2 Å². The first-order valence-corrected chi connectivity index (χ1v) is 15.9. The highest BCUT2D eigenvalue weighted by atomic mass is 35.5. The van der Waals surface area contributed by atoms with E-state index in [-0.39, 0.29) is 49.2 Å². The average Bonchev–Trinajstić information content (AvgIpc) is 3.81. The van der Waals surface area contributed by atoms with E-state index in [1.54, 1.807) is 21.9 Å². The van der Waals surface area contributed by atoms with Crippen LogP contribution in [0.1, 0.15) is 51.2 Å². The SMILES string of the molecule is CC(=O)NC(Cc1ccc(Cl)cc1)C(=O)N1CCN(C(Cc2ccc3ccccc3c2)C(=O)NC(C)C)C(=O)C1CC1CC1. The molecule has 9 heteroatoms. The molecule has 1 saturated carbocycles. The molecule has 5 rings (SSSR count). The molecular weight excluding hydrogens is 576 g/mol. The summed E-state index contributed by atoms with van der Waals surface area (Å²) >= 11 is 6.06. The fourth-order valence-electron chi connectivity index (χ4n) is 6.09. The first-order chi connectivity index (χ1) is 21.1. The van der Waals surface area contributed by atoms with Gasteiger partial charge >= 0.3 is 0 Å². The highest BCUT2D eigenvalue weighted by Crippen LogP contribution is 2.36. The fraction of sp³-hybridized carbons (Fsp3) is 0.429. The maximum atomic E-state index is 14.3. The Morgan fingerprint density at radius 1 is 0.886 bits per heavy atom. The molecule has 0 aromatic heterocycles. The lowest BCUT2D eigenvalue weighted by Crippen LogP contribution is -2.66. The Balaban J connectivity index is 1.41. The molecule has 1 aliphatic carbocycles. The van der Waals surface area contributed by atoms with E-state index in [1.807, 2.05) is 62.4 Å². The number of carbonyl (C=O) groups excluding carboxylic acids is 4. The Hall–Kier alpha value is -3.91. The summed E-state index contributed by atoms with van der Waals surface area (Å²) in [6.07, 6.45) is 3.22. The molecule has 0 radical (unpaired) electrons. The maximum absolute atomic E-state index is 14.3. The second kappa shape index (κ2) is 13.8. The molecule has 1 saturated heterocycles. The summed E-state index contributed by atoms with van der Waals surface area (Å²) in [5.41, 5.74) is 1.82. The van der Waals surface area contributed by atoms with Gasteiger partial charge in [0, 0.05) is 43.9 Å². The first-order valence-electron chi connectivity index (χ1n) is 15.5. The minimum Gasteiger partial charge on any atom is -0.352 e. The molecule has 3 aromatic carbocycles. The summed E-state index contributed by atoms with van der Waals surface area (Å²) in [7, 11) is 0. The van der Waals surface area contributed by atoms with Crippen LogP contribution in [0.2, 0.25) is 5.02 Å². The van der Waals surface area contributed by atoms with Crippen molar-refractivity contribution in [2.24, 2.45) is 5.92 Å². The molecule has 232 valence electrons. The summed E-state index contributed by atoms with van der Waals surface area (Å²) in [6, 6.07) is 19.0. The van der Waals surface area contributed by atoms with Crippen LogP contribution in [0, 0.1) is 5.92 Å². The van der Waals surface area contributed by atoms with Gasteiger partial charge in [0.1, 0.15) is 18.1 Å². The normalized spacial score (nSPS) is 18.3. The lowest BCUT2D eigenvalue weighted by molar-refractivity contribution is -0.157. The summed E-state index contributed by atoms with van der Waals surface area (Å²) in [5.74, 6) is -0.661. The smallest absolute Gasteiger partial charge is 0.246 e. The predicted molar refractivity (Wildman–Crippen MR) is 172 cm³/mol. The average molecular weight is 617 g/mol. The molecule has 1 aliphatic heterocycles. The summed E-state index contributed by atoms with van der Waals surface area (Å²) in [6.45, 7) is 5.70. The minimum atomic E-state index is -0.827. The van der Waals surface area contributed by atoms with Crippen LogP contribution in [-0.4, -0.2) is 70.7 Å². The van der Waals surface area contributed by atoms with Crippen molar-refractivity contribution in [3.8, 4) is 0 Å². The number of piperazine rings is 1. The van der Waals surface area contributed by atoms with Gasteiger partial charge in [-0.25, -0.2) is 0 Å². The van der Waals surface area contributed by atoms with Gasteiger partial charge in [0.25, 0.3) is 0 Å². The highest BCUT2D eigenvalue weighted by Gasteiger charge is 2.45. The first kappa shape index (κ1) is 31.5. The number of amides is 4. The van der Waals surface area contributed by atoms with Gasteiger partial charge in [0.05, 0.1) is 0 Å². The number of halogens is 1. The van der Waals surface area contributed by atoms with Crippen LogP contribution in [0.4, 0.5) is 0 Å². The molecular formula is C35H41ClN4O4. The maximum Gasteiger partial charge on any atom is 0.246 e. The molecule has 44 heavy (non-hydrogen) atoms. The second-order valence-corrected chi connectivity index (χ2v) is 12.8. The molecule has 2 aliphatic rings. The zero-order chi connectivity index (χ0) is 31.4. The minimum absolute atomic E-state index is 0.0897. The molecule has 1 heterocycles. The zero-order valence-corrected chi connectivity index (χ0v) is 26.3. The number of hydrogen-bond donors (Lipinski definition) is 2. The van der Waals surface area contributed by atoms with Crippen molar-refractivity contribution >= 4 is 46.0 Å². The Morgan fingerprint density at radius 3 is 2.23 bits per heavy atom. The molecule has 3 unspecified atom stereocenters. The van der Waals surface area contributed by atoms with Gasteiger partial charge in [-0.05, 0) is 60.2 Å². The van der Waals surface area contributed by atoms with Crippen molar-refractivity contribution in [1.82, 2.24) is 20.4 Å². The standard InChI is InChI=1S/C35H41ClN4O4/c1-22(2)37-33(42)31(21-26-10-13-27-6-4-5-7-28(27)18-26)39-16-17-40(32(35(39)44)20-25-8-9-25)34(43)30(38-23(3)41)19-24-11-14-29(36)15-12-24/h4-7,10-15,18,22,25,30-32H,8-9,16-17,19-21H2,1-3H3,(H,37,42)(H,38,41). The molecule has 2 N–H and O–H groups in total. The quantitative estimate of drug-likeness (QED) is 0.331. The van der Waals surface area contributed by atoms with Crippen LogP contribution in [0.15, 0.2) is 66.7 Å². The number of hydrogen-bond acceptors (Lipinski definition) is 4. The number of nitrogens with zero attached hydrogens (tertiary/aromatic N) is 2. The van der Waals surface area contributed by atoms with Crippen LogP contribution < -0.4 is 10.6 Å². The van der Waals surface area contributed by atoms with E-state index in [0.717, 1.165) is 34.7 Å². The van der Waals surface area contributed by atoms with Gasteiger partial charge in [-0.1, -0.05) is 79.0 Å². The highest BCUT2D eigenvalue weighted by molar-refractivity contribution is 6.30. The fourth-order valence-corrected chi connectivity index (χ4v) is 6.22. The molecule has 3 aromatic rings. The third kappa shape index (κ3) is 7.78. The van der Waals surface area contributed by atoms with Gasteiger partial charge in [0.2, 0.25) is 23.6 Å². The second-order valence-electron chi connectivity index (χ2n) is 12.4. The van der Waals surface area contributed by atoms with Crippen molar-refractivity contribution in [3.63, 3.8) is 0 Å². The van der Waals surface area contributed by atoms with E-state index in [0.29, 0.717) is 23.8 Å². The third-order valence-electron chi connectivity index (χ3n) is 8.44. The third-order valence-corrected chi connectivity index (χ3v) is 8.70. The molecule has 2 fully saturated rings. The van der Waals surface area contributed by atoms with E-state index in [2.05, 4.69) is 16.7 Å². The van der Waals surface area contributed by atoms with Crippen molar-refractivity contribution in [3.05, 3.63) is 82.9 Å². The van der Waals surface area contributed by atoms with Crippen LogP contribution >= 0.6 is 11.6 Å². The molecule has 4 amide bonds. The Labute approximate surface area is 264 Å². The number of benzene rings is 3. The Morgan fingerprint density at radius 2 is 1.57 bits per heavy atom. The number of rotatable bonds is 11. The van der Waals surface area contributed by atoms with Crippen LogP contribution in [-0.2, 0) is 32.0 Å². The topological polar surface area (TPSA) is 98.8 Å². The lowest BCUT2D eigenvalue weighted by Gasteiger charge is -2.44. The Bertz CT molecular complexity index is 1520. The van der Waals surface area contributed by atoms with Gasteiger partial charge in [0.15, 0.2) is 0 Å². The lowest BCUT2D eigenvalue weighted by atomic mass is 9.96. The van der Waals surface area contributed by atoms with Crippen molar-refractivity contribution in [1.29, 1.82) is 0 Å². The summed E-state index contributed by atoms with van der Waals surface area (Å²) < 4.78 is 0. The van der Waals surface area contributed by atoms with E-state index in [1.165, 1.54) is 6.92 Å². The number of nitrogens with one attached hydrogen (secondary N) is 2. The van der Waals surface area contributed by atoms with Crippen LogP contribution in [0.3, 0.4) is 0 Å². The van der Waals surface area contributed by atoms with Crippen LogP contribution in [0.25, 0.3) is 10.8 Å². The monoisotopic (exact) mass is 616 g/mol. The van der Waals surface area contributed by atoms with Gasteiger partial charge in [-0.15, -0.1) is 0 Å². The van der Waals surface area contributed by atoms with Crippen molar-refractivity contribution in [2.45, 2.75) is 77.0 Å². The molecule has 8 nitrogen and oxygen atoms in total. The number of carbonyl (C=O) groups is 4. The molecule has 3 atom stereocenters. The molecule has 0 spiro atoms. The van der Waals surface area contributed by atoms with Crippen molar-refractivity contribution < 1.29 is 19.2 Å². The largest absolute Gasteiger partial charge is 0.352 e.